The molecule has 1 unspecified atom stereocenters. The number of benzodiazepines with no additional fused rings is 1. The first-order chi connectivity index (χ1) is 17.9. The highest BCUT2D eigenvalue weighted by Crippen LogP contribution is 2.30. The van der Waals surface area contributed by atoms with Crippen LogP contribution in [0.4, 0.5) is 11.4 Å². The number of likely N-dealkylation sites (N-methyl/N-ethyl adjacent to an activating group) is 1. The highest BCUT2D eigenvalue weighted by molar-refractivity contribution is 7.80. The molecule has 0 aromatic heterocycles. The van der Waals surface area contributed by atoms with E-state index in [1.807, 2.05) is 43.3 Å². The summed E-state index contributed by atoms with van der Waals surface area (Å²) in [7, 11) is 1.70. The van der Waals surface area contributed by atoms with Crippen molar-refractivity contribution in [2.45, 2.75) is 25.9 Å². The average molecular weight is 535 g/mol. The van der Waals surface area contributed by atoms with Crippen LogP contribution in [0.1, 0.15) is 41.3 Å². The van der Waals surface area contributed by atoms with E-state index < -0.39 is 6.17 Å². The van der Waals surface area contributed by atoms with Crippen LogP contribution >= 0.6 is 23.8 Å². The maximum atomic E-state index is 13.4. The molecule has 190 valence electrons. The van der Waals surface area contributed by atoms with Gasteiger partial charge in [0.2, 0.25) is 6.17 Å². The number of esters is 1. The van der Waals surface area contributed by atoms with Gasteiger partial charge in [-0.2, -0.15) is 0 Å². The summed E-state index contributed by atoms with van der Waals surface area (Å²) in [6, 6.07) is 21.7. The van der Waals surface area contributed by atoms with Crippen LogP contribution in [-0.2, 0) is 9.53 Å². The molecule has 0 spiro atoms. The third kappa shape index (κ3) is 6.34. The standard InChI is InChI=1S/C28H27ClN4O3S/c1-3-4-16-36-27(35)19-10-13-21(14-11-19)30-28(37)32-25-26(34)33(2)23-15-12-20(29)17-22(23)24(31-25)18-8-6-5-7-9-18/h5-15,17,25H,3-4,16H2,1-2H3,(H2,30,32,37). The van der Waals surface area contributed by atoms with E-state index in [4.69, 9.17) is 33.5 Å². The molecule has 3 aromatic carbocycles. The summed E-state index contributed by atoms with van der Waals surface area (Å²) in [5.41, 5.74) is 4.03. The Morgan fingerprint density at radius 2 is 1.84 bits per heavy atom. The van der Waals surface area contributed by atoms with Crippen molar-refractivity contribution in [2.75, 3.05) is 23.9 Å². The molecule has 0 saturated carbocycles. The summed E-state index contributed by atoms with van der Waals surface area (Å²) >= 11 is 11.8. The van der Waals surface area contributed by atoms with E-state index in [1.54, 1.807) is 48.3 Å². The molecule has 0 fully saturated rings. The summed E-state index contributed by atoms with van der Waals surface area (Å²) in [5, 5.41) is 6.84. The second-order valence-electron chi connectivity index (χ2n) is 8.47. The fourth-order valence-corrected chi connectivity index (χ4v) is 4.24. The van der Waals surface area contributed by atoms with Crippen molar-refractivity contribution >= 4 is 57.9 Å². The number of benzene rings is 3. The molecule has 1 aliphatic heterocycles. The minimum absolute atomic E-state index is 0.213. The third-order valence-corrected chi connectivity index (χ3v) is 6.28. The minimum Gasteiger partial charge on any atom is -0.462 e. The van der Waals surface area contributed by atoms with Crippen molar-refractivity contribution in [3.63, 3.8) is 0 Å². The number of carbonyl (C=O) groups is 2. The number of nitrogens with zero attached hydrogens (tertiary/aromatic N) is 2. The van der Waals surface area contributed by atoms with E-state index >= 15 is 0 Å². The van der Waals surface area contributed by atoms with Crippen molar-refractivity contribution < 1.29 is 14.3 Å². The number of nitrogens with one attached hydrogen (secondary N) is 2. The van der Waals surface area contributed by atoms with Gasteiger partial charge in [-0.05, 0) is 61.1 Å². The summed E-state index contributed by atoms with van der Waals surface area (Å²) < 4.78 is 5.24. The summed E-state index contributed by atoms with van der Waals surface area (Å²) in [5.74, 6) is -0.640. The van der Waals surface area contributed by atoms with Crippen LogP contribution in [-0.4, -0.2) is 42.5 Å². The molecule has 0 saturated heterocycles. The highest BCUT2D eigenvalue weighted by Gasteiger charge is 2.30. The van der Waals surface area contributed by atoms with Crippen molar-refractivity contribution in [3.8, 4) is 0 Å². The first-order valence-electron chi connectivity index (χ1n) is 11.9. The minimum atomic E-state index is -0.973. The normalized spacial score (nSPS) is 14.8. The third-order valence-electron chi connectivity index (χ3n) is 5.82. The van der Waals surface area contributed by atoms with Crippen LogP contribution in [0.3, 0.4) is 0 Å². The molecule has 37 heavy (non-hydrogen) atoms. The van der Waals surface area contributed by atoms with Gasteiger partial charge in [-0.15, -0.1) is 0 Å². The Balaban J connectivity index is 1.54. The van der Waals surface area contributed by atoms with Gasteiger partial charge in [0, 0.05) is 28.9 Å². The van der Waals surface area contributed by atoms with E-state index in [-0.39, 0.29) is 17.0 Å². The van der Waals surface area contributed by atoms with Crippen LogP contribution < -0.4 is 15.5 Å². The Bertz CT molecular complexity index is 1330. The number of aliphatic imine (C=N–C) groups is 1. The molecule has 3 aromatic rings. The molecule has 0 bridgehead atoms. The number of fused-ring (bicyclic) bond motifs is 1. The Kier molecular flexibility index (Phi) is 8.53. The van der Waals surface area contributed by atoms with Crippen LogP contribution in [0, 0.1) is 0 Å². The average Bonchev–Trinajstić information content (AvgIpc) is 3.00. The zero-order chi connectivity index (χ0) is 26.4. The molecule has 0 radical (unpaired) electrons. The zero-order valence-electron chi connectivity index (χ0n) is 20.5. The number of hydrogen-bond donors (Lipinski definition) is 2. The van der Waals surface area contributed by atoms with Gasteiger partial charge in [-0.1, -0.05) is 55.3 Å². The number of unbranched alkanes of at least 4 members (excludes halogenated alkanes) is 1. The topological polar surface area (TPSA) is 83.0 Å². The lowest BCUT2D eigenvalue weighted by Crippen LogP contribution is -2.47. The van der Waals surface area contributed by atoms with Crippen LogP contribution in [0.15, 0.2) is 77.8 Å². The van der Waals surface area contributed by atoms with Crippen LogP contribution in [0.25, 0.3) is 0 Å². The van der Waals surface area contributed by atoms with Gasteiger partial charge in [0.05, 0.1) is 23.6 Å². The SMILES string of the molecule is CCCCOC(=O)c1ccc(NC(=S)NC2N=C(c3ccccc3)c3cc(Cl)ccc3N(C)C2=O)cc1. The van der Waals surface area contributed by atoms with Crippen molar-refractivity contribution in [3.05, 3.63) is 94.5 Å². The zero-order valence-corrected chi connectivity index (χ0v) is 22.1. The molecule has 1 amide bonds. The molecule has 1 aliphatic rings. The Hall–Kier alpha value is -3.75. The number of rotatable bonds is 7. The molecule has 0 aliphatic carbocycles. The fraction of sp³-hybridized carbons (Fsp3) is 0.214. The van der Waals surface area contributed by atoms with E-state index in [2.05, 4.69) is 10.6 Å². The number of thiocarbonyl (C=S) groups is 1. The van der Waals surface area contributed by atoms with E-state index in [0.717, 1.165) is 24.0 Å². The van der Waals surface area contributed by atoms with Crippen LogP contribution in [0.2, 0.25) is 5.02 Å². The van der Waals surface area contributed by atoms with Crippen molar-refractivity contribution in [1.29, 1.82) is 0 Å². The molecular formula is C28H27ClN4O3S. The number of carbonyl (C=O) groups excluding carboxylic acids is 2. The van der Waals surface area contributed by atoms with Crippen molar-refractivity contribution in [2.24, 2.45) is 4.99 Å². The summed E-state index contributed by atoms with van der Waals surface area (Å²) in [6.45, 7) is 2.43. The second kappa shape index (κ2) is 12.0. The predicted molar refractivity (Wildman–Crippen MR) is 152 cm³/mol. The molecule has 4 rings (SSSR count). The smallest absolute Gasteiger partial charge is 0.338 e. The van der Waals surface area contributed by atoms with Gasteiger partial charge in [0.15, 0.2) is 5.11 Å². The predicted octanol–water partition coefficient (Wildman–Crippen LogP) is 5.42. The van der Waals surface area contributed by atoms with E-state index in [1.165, 1.54) is 0 Å². The Morgan fingerprint density at radius 3 is 2.54 bits per heavy atom. The largest absolute Gasteiger partial charge is 0.462 e. The lowest BCUT2D eigenvalue weighted by Gasteiger charge is -2.22. The molecule has 2 N–H and O–H groups in total. The lowest BCUT2D eigenvalue weighted by molar-refractivity contribution is -0.119. The lowest BCUT2D eigenvalue weighted by atomic mass is 10.0. The first-order valence-corrected chi connectivity index (χ1v) is 12.7. The molecule has 1 heterocycles. The number of halogens is 1. The fourth-order valence-electron chi connectivity index (χ4n) is 3.84. The van der Waals surface area contributed by atoms with Gasteiger partial charge in [-0.3, -0.25) is 4.79 Å². The number of hydrogen-bond acceptors (Lipinski definition) is 5. The monoisotopic (exact) mass is 534 g/mol. The van der Waals surface area contributed by atoms with Gasteiger partial charge >= 0.3 is 5.97 Å². The molecule has 7 nitrogen and oxygen atoms in total. The molecular weight excluding hydrogens is 508 g/mol. The number of amides is 1. The summed E-state index contributed by atoms with van der Waals surface area (Å²) in [4.78, 5) is 31.8. The van der Waals surface area contributed by atoms with Gasteiger partial charge in [-0.25, -0.2) is 9.79 Å². The quantitative estimate of drug-likeness (QED) is 0.239. The highest BCUT2D eigenvalue weighted by atomic mass is 35.5. The number of anilines is 2. The second-order valence-corrected chi connectivity index (χ2v) is 9.31. The van der Waals surface area contributed by atoms with Crippen molar-refractivity contribution in [1.82, 2.24) is 5.32 Å². The first kappa shape index (κ1) is 26.3. The van der Waals surface area contributed by atoms with Crippen LogP contribution in [0.5, 0.6) is 0 Å². The maximum absolute atomic E-state index is 13.4. The van der Waals surface area contributed by atoms with E-state index in [0.29, 0.717) is 34.3 Å². The van der Waals surface area contributed by atoms with Gasteiger partial charge < -0.3 is 20.3 Å². The maximum Gasteiger partial charge on any atom is 0.338 e. The Morgan fingerprint density at radius 1 is 1.11 bits per heavy atom. The summed E-state index contributed by atoms with van der Waals surface area (Å²) in [6.07, 6.45) is 0.808. The van der Waals surface area contributed by atoms with Gasteiger partial charge in [0.25, 0.3) is 5.91 Å². The Labute approximate surface area is 226 Å². The van der Waals surface area contributed by atoms with Gasteiger partial charge in [0.1, 0.15) is 0 Å². The molecule has 9 heteroatoms. The van der Waals surface area contributed by atoms with E-state index in [9.17, 15) is 9.59 Å². The molecule has 1 atom stereocenters. The number of ether oxygens (including phenoxy) is 1.